The van der Waals surface area contributed by atoms with Crippen molar-refractivity contribution in [3.05, 3.63) is 27.3 Å². The number of ether oxygens (including phenoxy) is 4. The predicted molar refractivity (Wildman–Crippen MR) is 99.6 cm³/mol. The SMILES string of the molecule is COC(CNC(=O)CCCn1c(=S)[nH]c2cc3c(cc2c1=O)OCO3)OC. The Morgan fingerprint density at radius 1 is 1.33 bits per heavy atom. The van der Waals surface area contributed by atoms with Crippen LogP contribution in [0.25, 0.3) is 10.9 Å². The first-order valence-corrected chi connectivity index (χ1v) is 8.83. The van der Waals surface area contributed by atoms with Gasteiger partial charge in [0.25, 0.3) is 5.56 Å². The summed E-state index contributed by atoms with van der Waals surface area (Å²) in [6.07, 6.45) is 0.226. The van der Waals surface area contributed by atoms with E-state index in [1.54, 1.807) is 12.1 Å². The number of carbonyl (C=O) groups is 1. The molecule has 0 radical (unpaired) electrons. The molecular formula is C17H21N3O6S. The zero-order chi connectivity index (χ0) is 19.4. The third-order valence-electron chi connectivity index (χ3n) is 4.25. The van der Waals surface area contributed by atoms with Gasteiger partial charge >= 0.3 is 0 Å². The molecule has 1 aliphatic rings. The number of hydrogen-bond acceptors (Lipinski definition) is 7. The van der Waals surface area contributed by atoms with E-state index in [2.05, 4.69) is 10.3 Å². The highest BCUT2D eigenvalue weighted by Gasteiger charge is 2.17. The molecule has 1 aromatic carbocycles. The summed E-state index contributed by atoms with van der Waals surface area (Å²) in [5, 5.41) is 3.18. The van der Waals surface area contributed by atoms with Gasteiger partial charge in [0, 0.05) is 33.3 Å². The summed E-state index contributed by atoms with van der Waals surface area (Å²) < 4.78 is 22.4. The van der Waals surface area contributed by atoms with Crippen LogP contribution in [0.2, 0.25) is 0 Å². The summed E-state index contributed by atoms with van der Waals surface area (Å²) in [6.45, 7) is 0.710. The van der Waals surface area contributed by atoms with E-state index < -0.39 is 6.29 Å². The lowest BCUT2D eigenvalue weighted by Gasteiger charge is -2.14. The van der Waals surface area contributed by atoms with Gasteiger partial charge in [-0.15, -0.1) is 0 Å². The molecule has 2 heterocycles. The molecule has 1 aliphatic heterocycles. The van der Waals surface area contributed by atoms with E-state index in [4.69, 9.17) is 31.2 Å². The molecule has 3 rings (SSSR count). The van der Waals surface area contributed by atoms with Gasteiger partial charge in [-0.05, 0) is 24.7 Å². The van der Waals surface area contributed by atoms with Crippen LogP contribution in [-0.4, -0.2) is 49.3 Å². The third kappa shape index (κ3) is 4.29. The number of amides is 1. The number of aromatic amines is 1. The van der Waals surface area contributed by atoms with E-state index in [1.165, 1.54) is 18.8 Å². The lowest BCUT2D eigenvalue weighted by Crippen LogP contribution is -2.34. The molecule has 9 nitrogen and oxygen atoms in total. The number of aromatic nitrogens is 2. The molecule has 0 bridgehead atoms. The van der Waals surface area contributed by atoms with Gasteiger partial charge in [-0.3, -0.25) is 14.2 Å². The van der Waals surface area contributed by atoms with Crippen molar-refractivity contribution in [2.24, 2.45) is 0 Å². The highest BCUT2D eigenvalue weighted by Crippen LogP contribution is 2.34. The van der Waals surface area contributed by atoms with Gasteiger partial charge in [-0.2, -0.15) is 0 Å². The summed E-state index contributed by atoms with van der Waals surface area (Å²) in [6, 6.07) is 3.35. The summed E-state index contributed by atoms with van der Waals surface area (Å²) in [4.78, 5) is 27.7. The number of carbonyl (C=O) groups excluding carboxylic acids is 1. The molecule has 0 atom stereocenters. The van der Waals surface area contributed by atoms with Crippen LogP contribution >= 0.6 is 12.2 Å². The minimum atomic E-state index is -0.487. The van der Waals surface area contributed by atoms with Crippen LogP contribution in [-0.2, 0) is 20.8 Å². The maximum atomic E-state index is 12.8. The number of nitrogens with zero attached hydrogens (tertiary/aromatic N) is 1. The van der Waals surface area contributed by atoms with E-state index in [0.717, 1.165) is 0 Å². The molecule has 0 saturated heterocycles. The molecule has 0 saturated carbocycles. The molecule has 2 N–H and O–H groups in total. The van der Waals surface area contributed by atoms with Gasteiger partial charge in [0.1, 0.15) is 0 Å². The highest BCUT2D eigenvalue weighted by atomic mass is 32.1. The van der Waals surface area contributed by atoms with Crippen LogP contribution in [0.4, 0.5) is 0 Å². The Morgan fingerprint density at radius 2 is 2.04 bits per heavy atom. The number of methoxy groups -OCH3 is 2. The smallest absolute Gasteiger partial charge is 0.262 e. The summed E-state index contributed by atoms with van der Waals surface area (Å²) in [7, 11) is 3.00. The molecular weight excluding hydrogens is 374 g/mol. The largest absolute Gasteiger partial charge is 0.454 e. The Morgan fingerprint density at radius 3 is 2.74 bits per heavy atom. The molecule has 10 heteroatoms. The van der Waals surface area contributed by atoms with Gasteiger partial charge in [0.15, 0.2) is 22.6 Å². The molecule has 0 aliphatic carbocycles. The Hall–Kier alpha value is -2.43. The molecule has 2 aromatic rings. The first kappa shape index (κ1) is 19.3. The molecule has 0 unspecified atom stereocenters. The Balaban J connectivity index is 1.67. The van der Waals surface area contributed by atoms with E-state index in [0.29, 0.717) is 40.1 Å². The maximum absolute atomic E-state index is 12.8. The highest BCUT2D eigenvalue weighted by molar-refractivity contribution is 7.71. The van der Waals surface area contributed by atoms with E-state index in [9.17, 15) is 9.59 Å². The third-order valence-corrected chi connectivity index (χ3v) is 4.57. The Kier molecular flexibility index (Phi) is 6.09. The van der Waals surface area contributed by atoms with E-state index in [-0.39, 0.29) is 31.2 Å². The van der Waals surface area contributed by atoms with Crippen molar-refractivity contribution >= 4 is 29.0 Å². The second-order valence-corrected chi connectivity index (χ2v) is 6.33. The van der Waals surface area contributed by atoms with Crippen molar-refractivity contribution in [1.82, 2.24) is 14.9 Å². The fraction of sp³-hybridized carbons (Fsp3) is 0.471. The Labute approximate surface area is 160 Å². The fourth-order valence-electron chi connectivity index (χ4n) is 2.79. The molecule has 1 amide bonds. The van der Waals surface area contributed by atoms with Crippen molar-refractivity contribution < 1.29 is 23.7 Å². The molecule has 27 heavy (non-hydrogen) atoms. The topological polar surface area (TPSA) is 104 Å². The van der Waals surface area contributed by atoms with Gasteiger partial charge < -0.3 is 29.2 Å². The fourth-order valence-corrected chi connectivity index (χ4v) is 3.08. The quantitative estimate of drug-likeness (QED) is 0.513. The van der Waals surface area contributed by atoms with Crippen LogP contribution in [0.5, 0.6) is 11.5 Å². The summed E-state index contributed by atoms with van der Waals surface area (Å²) >= 11 is 5.29. The minimum absolute atomic E-state index is 0.128. The second-order valence-electron chi connectivity index (χ2n) is 5.95. The zero-order valence-electron chi connectivity index (χ0n) is 15.1. The van der Waals surface area contributed by atoms with Crippen LogP contribution in [0.3, 0.4) is 0 Å². The second kappa shape index (κ2) is 8.51. The standard InChI is InChI=1S/C17H21N3O6S/c1-23-15(24-2)8-18-14(21)4-3-5-20-16(22)10-6-12-13(26-9-25-12)7-11(10)19-17(20)27/h6-7,15H,3-5,8-9H2,1-2H3,(H,18,21)(H,19,27). The van der Waals surface area contributed by atoms with Crippen LogP contribution in [0, 0.1) is 4.77 Å². The molecule has 1 aromatic heterocycles. The van der Waals surface area contributed by atoms with Crippen LogP contribution in [0.1, 0.15) is 12.8 Å². The summed E-state index contributed by atoms with van der Waals surface area (Å²) in [5.74, 6) is 0.954. The van der Waals surface area contributed by atoms with Gasteiger partial charge in [-0.1, -0.05) is 0 Å². The Bertz CT molecular complexity index is 950. The first-order valence-electron chi connectivity index (χ1n) is 8.42. The average molecular weight is 395 g/mol. The monoisotopic (exact) mass is 395 g/mol. The number of hydrogen-bond donors (Lipinski definition) is 2. The number of fused-ring (bicyclic) bond motifs is 2. The molecule has 146 valence electrons. The van der Waals surface area contributed by atoms with Crippen molar-refractivity contribution in [1.29, 1.82) is 0 Å². The van der Waals surface area contributed by atoms with Crippen molar-refractivity contribution in [2.75, 3.05) is 27.6 Å². The number of rotatable bonds is 8. The molecule has 0 spiro atoms. The van der Waals surface area contributed by atoms with E-state index in [1.807, 2.05) is 0 Å². The van der Waals surface area contributed by atoms with Crippen LogP contribution < -0.4 is 20.3 Å². The number of nitrogens with one attached hydrogen (secondary N) is 2. The van der Waals surface area contributed by atoms with E-state index >= 15 is 0 Å². The lowest BCUT2D eigenvalue weighted by atomic mass is 10.2. The summed E-state index contributed by atoms with van der Waals surface area (Å²) in [5.41, 5.74) is 0.361. The maximum Gasteiger partial charge on any atom is 0.262 e. The predicted octanol–water partition coefficient (Wildman–Crippen LogP) is 1.30. The van der Waals surface area contributed by atoms with Crippen molar-refractivity contribution in [3.63, 3.8) is 0 Å². The van der Waals surface area contributed by atoms with Crippen LogP contribution in [0.15, 0.2) is 16.9 Å². The number of H-pyrrole nitrogens is 1. The van der Waals surface area contributed by atoms with Crippen molar-refractivity contribution in [3.8, 4) is 11.5 Å². The normalized spacial score (nSPS) is 12.7. The molecule has 0 fully saturated rings. The van der Waals surface area contributed by atoms with Gasteiger partial charge in [0.05, 0.1) is 17.4 Å². The minimum Gasteiger partial charge on any atom is -0.454 e. The zero-order valence-corrected chi connectivity index (χ0v) is 15.9. The lowest BCUT2D eigenvalue weighted by molar-refractivity contribution is -0.127. The van der Waals surface area contributed by atoms with Crippen molar-refractivity contribution in [2.45, 2.75) is 25.7 Å². The van der Waals surface area contributed by atoms with Gasteiger partial charge in [-0.25, -0.2) is 0 Å². The van der Waals surface area contributed by atoms with Gasteiger partial charge in [0.2, 0.25) is 12.7 Å². The number of benzene rings is 1. The average Bonchev–Trinajstić information content (AvgIpc) is 3.11. The first-order chi connectivity index (χ1) is 13.0.